The first kappa shape index (κ1) is 16.3. The molecule has 19 heavy (non-hydrogen) atoms. The van der Waals surface area contributed by atoms with Gasteiger partial charge in [0.15, 0.2) is 0 Å². The van der Waals surface area contributed by atoms with Crippen molar-refractivity contribution in [2.24, 2.45) is 0 Å². The third-order valence-corrected chi connectivity index (χ3v) is 6.21. The second-order valence-corrected chi connectivity index (χ2v) is 7.40. The van der Waals surface area contributed by atoms with Crippen molar-refractivity contribution in [2.45, 2.75) is 18.2 Å². The minimum Gasteiger partial charge on any atom is -0.306 e. The Morgan fingerprint density at radius 3 is 2.16 bits per heavy atom. The van der Waals surface area contributed by atoms with Gasteiger partial charge in [-0.2, -0.15) is 5.26 Å². The van der Waals surface area contributed by atoms with Crippen molar-refractivity contribution in [3.63, 3.8) is 0 Å². The first-order chi connectivity index (χ1) is 8.91. The molecular weight excluding hydrogens is 336 g/mol. The Morgan fingerprint density at radius 1 is 1.32 bits per heavy atom. The highest BCUT2D eigenvalue weighted by molar-refractivity contribution is 9.10. The average molecular weight is 350 g/mol. The Morgan fingerprint density at radius 2 is 1.79 bits per heavy atom. The van der Waals surface area contributed by atoms with E-state index < -0.39 is 11.9 Å². The van der Waals surface area contributed by atoms with Crippen LogP contribution in [-0.4, -0.2) is 13.2 Å². The normalized spacial score (nSPS) is 14.7. The van der Waals surface area contributed by atoms with Gasteiger partial charge in [-0.15, -0.1) is 0 Å². The Kier molecular flexibility index (Phi) is 5.69. The summed E-state index contributed by atoms with van der Waals surface area (Å²) >= 11 is 2.80. The Balaban J connectivity index is 3.18. The fraction of sp³-hybridized carbons (Fsp3) is 0.417. The fourth-order valence-electron chi connectivity index (χ4n) is 1.44. The van der Waals surface area contributed by atoms with Gasteiger partial charge in [0.25, 0.3) is 4.32 Å². The standard InChI is InChI=1S/C12H14BrFNO3P/c1-3-17-19(16,18-4-2)12(13,14)11-7-5-10(9-15)6-8-11/h5-8H,3-4H2,1-2H3. The van der Waals surface area contributed by atoms with Crippen molar-refractivity contribution in [1.29, 1.82) is 5.26 Å². The maximum atomic E-state index is 14.8. The van der Waals surface area contributed by atoms with Gasteiger partial charge < -0.3 is 9.05 Å². The monoisotopic (exact) mass is 349 g/mol. The lowest BCUT2D eigenvalue weighted by atomic mass is 10.2. The third kappa shape index (κ3) is 3.43. The van der Waals surface area contributed by atoms with Crippen LogP contribution in [0.4, 0.5) is 4.39 Å². The first-order valence-electron chi connectivity index (χ1n) is 5.69. The van der Waals surface area contributed by atoms with Gasteiger partial charge in [-0.3, -0.25) is 4.57 Å². The molecule has 0 aliphatic carbocycles. The SMILES string of the molecule is CCOP(=O)(OCC)C(F)(Br)c1ccc(C#N)cc1. The number of benzene rings is 1. The maximum Gasteiger partial charge on any atom is 0.383 e. The minimum atomic E-state index is -4.00. The summed E-state index contributed by atoms with van der Waals surface area (Å²) in [7, 11) is -4.00. The van der Waals surface area contributed by atoms with Crippen LogP contribution < -0.4 is 0 Å². The van der Waals surface area contributed by atoms with E-state index in [0.29, 0.717) is 5.56 Å². The molecule has 0 N–H and O–H groups in total. The zero-order chi connectivity index (χ0) is 14.5. The quantitative estimate of drug-likeness (QED) is 0.567. The summed E-state index contributed by atoms with van der Waals surface area (Å²) in [5, 5.41) is 8.70. The van der Waals surface area contributed by atoms with Gasteiger partial charge in [-0.05, 0) is 41.9 Å². The van der Waals surface area contributed by atoms with E-state index in [0.717, 1.165) is 0 Å². The Bertz CT molecular complexity index is 503. The molecule has 0 spiro atoms. The number of rotatable bonds is 6. The minimum absolute atomic E-state index is 0.0603. The van der Waals surface area contributed by atoms with Gasteiger partial charge in [0.05, 0.1) is 24.8 Å². The summed E-state index contributed by atoms with van der Waals surface area (Å²) in [6.07, 6.45) is 0. The van der Waals surface area contributed by atoms with Crippen LogP contribution in [0.25, 0.3) is 0 Å². The van der Waals surface area contributed by atoms with E-state index in [1.807, 2.05) is 6.07 Å². The number of hydrogen-bond acceptors (Lipinski definition) is 4. The smallest absolute Gasteiger partial charge is 0.306 e. The predicted octanol–water partition coefficient (Wildman–Crippen LogP) is 4.30. The molecule has 1 unspecified atom stereocenters. The maximum absolute atomic E-state index is 14.8. The van der Waals surface area contributed by atoms with Crippen molar-refractivity contribution >= 4 is 23.5 Å². The van der Waals surface area contributed by atoms with E-state index in [2.05, 4.69) is 15.9 Å². The Hall–Kier alpha value is -0.730. The number of nitrogens with zero attached hydrogens (tertiary/aromatic N) is 1. The molecule has 0 saturated carbocycles. The van der Waals surface area contributed by atoms with E-state index in [9.17, 15) is 8.96 Å². The van der Waals surface area contributed by atoms with Crippen molar-refractivity contribution in [2.75, 3.05) is 13.2 Å². The predicted molar refractivity (Wildman–Crippen MR) is 73.7 cm³/mol. The van der Waals surface area contributed by atoms with Crippen molar-refractivity contribution in [1.82, 2.24) is 0 Å². The highest BCUT2D eigenvalue weighted by Crippen LogP contribution is 2.69. The molecule has 0 radical (unpaired) electrons. The number of nitriles is 1. The number of hydrogen-bond donors (Lipinski definition) is 0. The lowest BCUT2D eigenvalue weighted by Crippen LogP contribution is -2.16. The fourth-order valence-corrected chi connectivity index (χ4v) is 3.87. The van der Waals surface area contributed by atoms with Gasteiger partial charge >= 0.3 is 7.60 Å². The summed E-state index contributed by atoms with van der Waals surface area (Å²) in [6, 6.07) is 7.55. The van der Waals surface area contributed by atoms with Crippen molar-refractivity contribution in [3.05, 3.63) is 35.4 Å². The lowest BCUT2D eigenvalue weighted by molar-refractivity contribution is 0.182. The number of alkyl halides is 2. The third-order valence-electron chi connectivity index (χ3n) is 2.30. The van der Waals surface area contributed by atoms with Crippen molar-refractivity contribution in [3.8, 4) is 6.07 Å². The van der Waals surface area contributed by atoms with Crippen LogP contribution in [0.2, 0.25) is 0 Å². The summed E-state index contributed by atoms with van der Waals surface area (Å²) < 4.78 is 34.8. The second kappa shape index (κ2) is 6.62. The van der Waals surface area contributed by atoms with Crippen LogP contribution in [0.3, 0.4) is 0 Å². The van der Waals surface area contributed by atoms with Crippen LogP contribution in [0, 0.1) is 11.3 Å². The van der Waals surface area contributed by atoms with Gasteiger partial charge in [-0.1, -0.05) is 12.1 Å². The van der Waals surface area contributed by atoms with E-state index in [1.165, 1.54) is 24.3 Å². The summed E-state index contributed by atoms with van der Waals surface area (Å²) in [6.45, 7) is 3.33. The molecule has 0 amide bonds. The molecule has 0 fully saturated rings. The van der Waals surface area contributed by atoms with E-state index in [4.69, 9.17) is 14.3 Å². The lowest BCUT2D eigenvalue weighted by Gasteiger charge is -2.27. The zero-order valence-corrected chi connectivity index (χ0v) is 13.1. The van der Waals surface area contributed by atoms with Crippen LogP contribution in [0.15, 0.2) is 24.3 Å². The summed E-state index contributed by atoms with van der Waals surface area (Å²) in [4.78, 5) is 0. The first-order valence-corrected chi connectivity index (χ1v) is 8.02. The summed E-state index contributed by atoms with van der Waals surface area (Å²) in [5.41, 5.74) is 0.464. The van der Waals surface area contributed by atoms with Crippen molar-refractivity contribution < 1.29 is 18.0 Å². The topological polar surface area (TPSA) is 59.3 Å². The second-order valence-electron chi connectivity index (χ2n) is 3.56. The van der Waals surface area contributed by atoms with Crippen LogP contribution in [-0.2, 0) is 17.9 Å². The van der Waals surface area contributed by atoms with Gasteiger partial charge in [0.1, 0.15) is 0 Å². The van der Waals surface area contributed by atoms with Crippen LogP contribution in [0.5, 0.6) is 0 Å². The molecule has 1 rings (SSSR count). The largest absolute Gasteiger partial charge is 0.383 e. The summed E-state index contributed by atoms with van der Waals surface area (Å²) in [5.74, 6) is 0. The Labute approximate surface area is 120 Å². The molecule has 0 saturated heterocycles. The van der Waals surface area contributed by atoms with E-state index >= 15 is 0 Å². The molecule has 104 valence electrons. The molecule has 1 atom stereocenters. The molecule has 0 aliphatic heterocycles. The molecule has 1 aromatic rings. The van der Waals surface area contributed by atoms with Gasteiger partial charge in [0.2, 0.25) is 0 Å². The average Bonchev–Trinajstić information content (AvgIpc) is 2.39. The van der Waals surface area contributed by atoms with Crippen LogP contribution in [0.1, 0.15) is 25.0 Å². The van der Waals surface area contributed by atoms with Gasteiger partial charge in [-0.25, -0.2) is 4.39 Å². The molecular formula is C12H14BrFNO3P. The van der Waals surface area contributed by atoms with E-state index in [1.54, 1.807) is 13.8 Å². The molecule has 4 nitrogen and oxygen atoms in total. The molecule has 0 aromatic heterocycles. The molecule has 7 heteroatoms. The molecule has 0 bridgehead atoms. The van der Waals surface area contributed by atoms with Gasteiger partial charge in [0, 0.05) is 5.56 Å². The number of halogens is 2. The zero-order valence-electron chi connectivity index (χ0n) is 10.6. The molecule has 1 aromatic carbocycles. The van der Waals surface area contributed by atoms with E-state index in [-0.39, 0.29) is 18.8 Å². The van der Waals surface area contributed by atoms with Crippen LogP contribution >= 0.6 is 23.5 Å². The molecule has 0 heterocycles. The highest BCUT2D eigenvalue weighted by atomic mass is 79.9. The highest BCUT2D eigenvalue weighted by Gasteiger charge is 2.51. The molecule has 0 aliphatic rings.